The van der Waals surface area contributed by atoms with Gasteiger partial charge >= 0.3 is 6.03 Å². The Kier molecular flexibility index (Phi) is 4.76. The number of anilines is 2. The third kappa shape index (κ3) is 4.48. The number of amides is 2. The summed E-state index contributed by atoms with van der Waals surface area (Å²) in [5.74, 6) is 0.845. The van der Waals surface area contributed by atoms with Gasteiger partial charge in [0.2, 0.25) is 0 Å². The minimum Gasteiger partial charge on any atom is -0.363 e. The highest BCUT2D eigenvalue weighted by molar-refractivity contribution is 5.89. The van der Waals surface area contributed by atoms with E-state index < -0.39 is 0 Å². The predicted octanol–water partition coefficient (Wildman–Crippen LogP) is 1.25. The Labute approximate surface area is 124 Å². The van der Waals surface area contributed by atoms with Crippen LogP contribution in [0.4, 0.5) is 16.3 Å². The molecule has 0 aliphatic carbocycles. The second-order valence-corrected chi connectivity index (χ2v) is 4.95. The molecule has 21 heavy (non-hydrogen) atoms. The first-order valence-corrected chi connectivity index (χ1v) is 6.70. The van der Waals surface area contributed by atoms with Crippen molar-refractivity contribution in [3.8, 4) is 0 Å². The van der Waals surface area contributed by atoms with Crippen molar-refractivity contribution in [3.05, 3.63) is 36.3 Å². The van der Waals surface area contributed by atoms with Crippen molar-refractivity contribution in [2.45, 2.75) is 6.42 Å². The smallest absolute Gasteiger partial charge is 0.319 e. The minimum atomic E-state index is -0.238. The molecule has 0 aliphatic heterocycles. The van der Waals surface area contributed by atoms with E-state index in [9.17, 15) is 4.79 Å². The topological polar surface area (TPSA) is 75.1 Å². The van der Waals surface area contributed by atoms with E-state index in [0.717, 1.165) is 17.8 Å². The summed E-state index contributed by atoms with van der Waals surface area (Å²) in [7, 11) is 5.70. The van der Waals surface area contributed by atoms with Gasteiger partial charge in [0, 0.05) is 33.9 Å². The minimum absolute atomic E-state index is 0.238. The number of nitrogens with zero attached hydrogens (tertiary/aromatic N) is 4. The molecule has 0 aliphatic rings. The van der Waals surface area contributed by atoms with Crippen molar-refractivity contribution in [1.29, 1.82) is 0 Å². The summed E-state index contributed by atoms with van der Waals surface area (Å²) in [6.45, 7) is 0.556. The molecule has 0 aromatic carbocycles. The van der Waals surface area contributed by atoms with Gasteiger partial charge in [-0.1, -0.05) is 0 Å². The number of hydrogen-bond donors (Lipinski definition) is 2. The summed E-state index contributed by atoms with van der Waals surface area (Å²) in [4.78, 5) is 17.9. The number of nitrogens with one attached hydrogen (secondary N) is 2. The second-order valence-electron chi connectivity index (χ2n) is 4.95. The lowest BCUT2D eigenvalue weighted by molar-refractivity contribution is 0.252. The zero-order chi connectivity index (χ0) is 15.2. The van der Waals surface area contributed by atoms with Crippen LogP contribution < -0.4 is 15.5 Å². The predicted molar refractivity (Wildman–Crippen MR) is 82.5 cm³/mol. The molecule has 2 amide bonds. The van der Waals surface area contributed by atoms with Crippen molar-refractivity contribution < 1.29 is 4.79 Å². The average molecular weight is 288 g/mol. The Morgan fingerprint density at radius 2 is 2.14 bits per heavy atom. The highest BCUT2D eigenvalue weighted by Crippen LogP contribution is 2.11. The van der Waals surface area contributed by atoms with Gasteiger partial charge in [-0.3, -0.25) is 4.68 Å². The molecule has 0 fully saturated rings. The van der Waals surface area contributed by atoms with Gasteiger partial charge in [0.25, 0.3) is 0 Å². The van der Waals surface area contributed by atoms with Crippen LogP contribution in [0, 0.1) is 0 Å². The average Bonchev–Trinajstić information content (AvgIpc) is 2.85. The third-order valence-electron chi connectivity index (χ3n) is 2.92. The zero-order valence-corrected chi connectivity index (χ0v) is 12.5. The van der Waals surface area contributed by atoms with Crippen LogP contribution in [-0.4, -0.2) is 41.4 Å². The Bertz CT molecular complexity index is 590. The molecule has 0 bridgehead atoms. The van der Waals surface area contributed by atoms with E-state index in [2.05, 4.69) is 20.7 Å². The highest BCUT2D eigenvalue weighted by Gasteiger charge is 2.03. The van der Waals surface area contributed by atoms with Gasteiger partial charge in [-0.25, -0.2) is 9.78 Å². The number of aromatic nitrogens is 3. The molecule has 0 atom stereocenters. The lowest BCUT2D eigenvalue weighted by atomic mass is 10.2. The van der Waals surface area contributed by atoms with Crippen molar-refractivity contribution >= 4 is 17.5 Å². The quantitative estimate of drug-likeness (QED) is 0.868. The van der Waals surface area contributed by atoms with Crippen LogP contribution in [0.5, 0.6) is 0 Å². The van der Waals surface area contributed by atoms with E-state index in [1.165, 1.54) is 0 Å². The molecule has 2 heterocycles. The molecule has 0 unspecified atom stereocenters. The number of hydrogen-bond acceptors (Lipinski definition) is 4. The van der Waals surface area contributed by atoms with Crippen LogP contribution in [0.25, 0.3) is 0 Å². The summed E-state index contributed by atoms with van der Waals surface area (Å²) in [6.07, 6.45) is 6.11. The van der Waals surface area contributed by atoms with Crippen LogP contribution in [0.2, 0.25) is 0 Å². The lowest BCUT2D eigenvalue weighted by Gasteiger charge is -2.12. The number of pyridine rings is 1. The van der Waals surface area contributed by atoms with Crippen molar-refractivity contribution in [3.63, 3.8) is 0 Å². The lowest BCUT2D eigenvalue weighted by Crippen LogP contribution is -2.30. The van der Waals surface area contributed by atoms with E-state index in [-0.39, 0.29) is 6.03 Å². The van der Waals surface area contributed by atoms with Gasteiger partial charge in [0.1, 0.15) is 5.82 Å². The van der Waals surface area contributed by atoms with Crippen molar-refractivity contribution in [2.75, 3.05) is 30.9 Å². The Balaban J connectivity index is 1.76. The number of carbonyl (C=O) groups excluding carboxylic acids is 1. The molecular formula is C14H20N6O. The first kappa shape index (κ1) is 14.8. The summed E-state index contributed by atoms with van der Waals surface area (Å²) < 4.78 is 1.74. The van der Waals surface area contributed by atoms with E-state index in [1.807, 2.05) is 44.4 Å². The van der Waals surface area contributed by atoms with Gasteiger partial charge in [-0.05, 0) is 24.1 Å². The van der Waals surface area contributed by atoms with Gasteiger partial charge in [-0.15, -0.1) is 0 Å². The van der Waals surface area contributed by atoms with Gasteiger partial charge in [0.05, 0.1) is 18.1 Å². The molecule has 2 rings (SSSR count). The molecular weight excluding hydrogens is 268 g/mol. The van der Waals surface area contributed by atoms with Gasteiger partial charge < -0.3 is 15.5 Å². The fourth-order valence-corrected chi connectivity index (χ4v) is 1.82. The molecule has 2 N–H and O–H groups in total. The molecule has 2 aromatic rings. The largest absolute Gasteiger partial charge is 0.363 e. The molecule has 0 saturated heterocycles. The first-order chi connectivity index (χ1) is 10.0. The number of aryl methyl sites for hydroxylation is 1. The standard InChI is InChI=1S/C14H20N6O/c1-19(2)13-5-4-12(9-16-13)18-14(21)15-7-6-11-8-17-20(3)10-11/h4-5,8-10H,6-7H2,1-3H3,(H2,15,18,21). The Morgan fingerprint density at radius 3 is 2.71 bits per heavy atom. The molecule has 0 radical (unpaired) electrons. The highest BCUT2D eigenvalue weighted by atomic mass is 16.2. The molecule has 7 heteroatoms. The van der Waals surface area contributed by atoms with Crippen molar-refractivity contribution in [1.82, 2.24) is 20.1 Å². The summed E-state index contributed by atoms with van der Waals surface area (Å²) in [6, 6.07) is 3.44. The number of carbonyl (C=O) groups is 1. The van der Waals surface area contributed by atoms with E-state index >= 15 is 0 Å². The van der Waals surface area contributed by atoms with Crippen molar-refractivity contribution in [2.24, 2.45) is 7.05 Å². The van der Waals surface area contributed by atoms with Crippen LogP contribution in [-0.2, 0) is 13.5 Å². The maximum Gasteiger partial charge on any atom is 0.319 e. The molecule has 0 saturated carbocycles. The van der Waals surface area contributed by atoms with Crippen LogP contribution in [0.1, 0.15) is 5.56 Å². The Hall–Kier alpha value is -2.57. The van der Waals surface area contributed by atoms with E-state index in [1.54, 1.807) is 17.1 Å². The molecule has 0 spiro atoms. The number of rotatable bonds is 5. The number of urea groups is 1. The van der Waals surface area contributed by atoms with Gasteiger partial charge in [-0.2, -0.15) is 5.10 Å². The van der Waals surface area contributed by atoms with Crippen LogP contribution in [0.15, 0.2) is 30.7 Å². The second kappa shape index (κ2) is 6.74. The first-order valence-electron chi connectivity index (χ1n) is 6.70. The van der Waals surface area contributed by atoms with Gasteiger partial charge in [0.15, 0.2) is 0 Å². The maximum atomic E-state index is 11.7. The fraction of sp³-hybridized carbons (Fsp3) is 0.357. The third-order valence-corrected chi connectivity index (χ3v) is 2.92. The molecule has 2 aromatic heterocycles. The summed E-state index contributed by atoms with van der Waals surface area (Å²) in [5.41, 5.74) is 1.76. The molecule has 112 valence electrons. The summed E-state index contributed by atoms with van der Waals surface area (Å²) >= 11 is 0. The maximum absolute atomic E-state index is 11.7. The SMILES string of the molecule is CN(C)c1ccc(NC(=O)NCCc2cnn(C)c2)cn1. The molecule has 7 nitrogen and oxygen atoms in total. The van der Waals surface area contributed by atoms with E-state index in [4.69, 9.17) is 0 Å². The van der Waals surface area contributed by atoms with E-state index in [0.29, 0.717) is 12.2 Å². The normalized spacial score (nSPS) is 10.2. The zero-order valence-electron chi connectivity index (χ0n) is 12.5. The monoisotopic (exact) mass is 288 g/mol. The fourth-order valence-electron chi connectivity index (χ4n) is 1.82. The Morgan fingerprint density at radius 1 is 1.33 bits per heavy atom. The summed E-state index contributed by atoms with van der Waals surface area (Å²) in [5, 5.41) is 9.63. The van der Waals surface area contributed by atoms with Crippen LogP contribution in [0.3, 0.4) is 0 Å². The van der Waals surface area contributed by atoms with Crippen LogP contribution >= 0.6 is 0 Å².